The molecule has 0 aliphatic carbocycles. The Bertz CT molecular complexity index is 1280. The fraction of sp³-hybridized carbons (Fsp3) is 0.381. The number of hydrogen-bond acceptors (Lipinski definition) is 6. The first-order valence-electron chi connectivity index (χ1n) is 10.3. The van der Waals surface area contributed by atoms with Gasteiger partial charge in [-0.25, -0.2) is 21.8 Å². The summed E-state index contributed by atoms with van der Waals surface area (Å²) < 4.78 is 56.3. The predicted octanol–water partition coefficient (Wildman–Crippen LogP) is 3.61. The van der Waals surface area contributed by atoms with E-state index in [1.807, 2.05) is 24.3 Å². The number of sulfonamides is 2. The van der Waals surface area contributed by atoms with Crippen LogP contribution in [0.15, 0.2) is 58.3 Å². The molecule has 0 radical (unpaired) electrons. The first-order chi connectivity index (χ1) is 14.9. The molecule has 3 aromatic rings. The molecule has 0 unspecified atom stereocenters. The third-order valence-electron chi connectivity index (χ3n) is 5.93. The standard InChI is InChI=1S/C21H23N3O4S3/c25-30(26,23-13-3-4-14-23)16-9-11-17(12-10-16)31(27,28)24-15-5-7-19(24)21-22-18-6-1-2-8-20(18)29-21/h1-2,6,8-12,19H,3-5,7,13-15H2/t19-/m1/s1. The van der Waals surface area contributed by atoms with Crippen molar-refractivity contribution in [1.82, 2.24) is 13.6 Å². The topological polar surface area (TPSA) is 87.6 Å². The molecule has 31 heavy (non-hydrogen) atoms. The minimum atomic E-state index is -3.76. The predicted molar refractivity (Wildman–Crippen MR) is 120 cm³/mol. The van der Waals surface area contributed by atoms with Crippen LogP contribution in [0.1, 0.15) is 36.7 Å². The van der Waals surface area contributed by atoms with Crippen LogP contribution in [-0.4, -0.2) is 50.1 Å². The average molecular weight is 478 g/mol. The first-order valence-corrected chi connectivity index (χ1v) is 14.0. The van der Waals surface area contributed by atoms with Crippen molar-refractivity contribution in [1.29, 1.82) is 0 Å². The highest BCUT2D eigenvalue weighted by atomic mass is 32.2. The minimum absolute atomic E-state index is 0.112. The van der Waals surface area contributed by atoms with Gasteiger partial charge in [-0.3, -0.25) is 0 Å². The molecule has 2 aromatic carbocycles. The van der Waals surface area contributed by atoms with Crippen LogP contribution in [0.4, 0.5) is 0 Å². The fourth-order valence-electron chi connectivity index (χ4n) is 4.30. The molecular weight excluding hydrogens is 454 g/mol. The zero-order chi connectivity index (χ0) is 21.6. The Morgan fingerprint density at radius 2 is 1.45 bits per heavy atom. The van der Waals surface area contributed by atoms with E-state index in [4.69, 9.17) is 0 Å². The minimum Gasteiger partial charge on any atom is -0.239 e. The molecule has 2 aliphatic heterocycles. The van der Waals surface area contributed by atoms with E-state index in [1.165, 1.54) is 44.2 Å². The summed E-state index contributed by atoms with van der Waals surface area (Å²) in [5.74, 6) is 0. The molecule has 2 saturated heterocycles. The third-order valence-corrected chi connectivity index (χ3v) is 10.9. The van der Waals surface area contributed by atoms with Gasteiger partial charge in [-0.05, 0) is 62.1 Å². The van der Waals surface area contributed by atoms with Crippen LogP contribution in [0.25, 0.3) is 10.2 Å². The van der Waals surface area contributed by atoms with Crippen molar-refractivity contribution >= 4 is 41.6 Å². The summed E-state index contributed by atoms with van der Waals surface area (Å²) in [5.41, 5.74) is 0.878. The smallest absolute Gasteiger partial charge is 0.239 e. The zero-order valence-corrected chi connectivity index (χ0v) is 19.3. The number of benzene rings is 2. The number of thiazole rings is 1. The van der Waals surface area contributed by atoms with Crippen LogP contribution in [0.3, 0.4) is 0 Å². The first kappa shape index (κ1) is 21.0. The highest BCUT2D eigenvalue weighted by Crippen LogP contribution is 2.39. The van der Waals surface area contributed by atoms with E-state index >= 15 is 0 Å². The summed E-state index contributed by atoms with van der Waals surface area (Å²) in [6, 6.07) is 13.1. The van der Waals surface area contributed by atoms with E-state index in [0.717, 1.165) is 40.9 Å². The van der Waals surface area contributed by atoms with Gasteiger partial charge >= 0.3 is 0 Å². The Labute approximate surface area is 186 Å². The van der Waals surface area contributed by atoms with Crippen molar-refractivity contribution in [3.05, 3.63) is 53.5 Å². The van der Waals surface area contributed by atoms with Crippen molar-refractivity contribution < 1.29 is 16.8 Å². The lowest BCUT2D eigenvalue weighted by atomic mass is 10.2. The monoisotopic (exact) mass is 477 g/mol. The molecule has 0 bridgehead atoms. The Hall–Kier alpha value is -1.85. The van der Waals surface area contributed by atoms with Crippen molar-refractivity contribution in [2.24, 2.45) is 0 Å². The average Bonchev–Trinajstić information content (AvgIpc) is 3.53. The number of aromatic nitrogens is 1. The van der Waals surface area contributed by atoms with Gasteiger partial charge in [-0.2, -0.15) is 8.61 Å². The molecule has 0 saturated carbocycles. The molecule has 0 N–H and O–H groups in total. The molecule has 164 valence electrons. The molecule has 7 nitrogen and oxygen atoms in total. The summed E-state index contributed by atoms with van der Waals surface area (Å²) in [7, 11) is -7.34. The summed E-state index contributed by atoms with van der Waals surface area (Å²) in [5, 5.41) is 0.801. The Balaban J connectivity index is 1.44. The number of para-hydroxylation sites is 1. The molecule has 1 aromatic heterocycles. The van der Waals surface area contributed by atoms with Crippen LogP contribution in [-0.2, 0) is 20.0 Å². The number of fused-ring (bicyclic) bond motifs is 1. The van der Waals surface area contributed by atoms with Crippen molar-refractivity contribution in [3.63, 3.8) is 0 Å². The van der Waals surface area contributed by atoms with Gasteiger partial charge in [-0.1, -0.05) is 12.1 Å². The van der Waals surface area contributed by atoms with Gasteiger partial charge in [0, 0.05) is 19.6 Å². The maximum atomic E-state index is 13.4. The van der Waals surface area contributed by atoms with Crippen LogP contribution in [0, 0.1) is 0 Å². The normalized spacial score (nSPS) is 21.2. The van der Waals surface area contributed by atoms with Gasteiger partial charge in [-0.15, -0.1) is 11.3 Å². The molecule has 3 heterocycles. The Morgan fingerprint density at radius 1 is 0.806 bits per heavy atom. The summed E-state index contributed by atoms with van der Waals surface area (Å²) in [6.45, 7) is 1.46. The summed E-state index contributed by atoms with van der Waals surface area (Å²) >= 11 is 1.53. The highest BCUT2D eigenvalue weighted by Gasteiger charge is 2.38. The highest BCUT2D eigenvalue weighted by molar-refractivity contribution is 7.89. The Kier molecular flexibility index (Phi) is 5.38. The van der Waals surface area contributed by atoms with Crippen LogP contribution < -0.4 is 0 Å². The second-order valence-electron chi connectivity index (χ2n) is 7.88. The molecule has 10 heteroatoms. The third kappa shape index (κ3) is 3.70. The molecule has 2 fully saturated rings. The van der Waals surface area contributed by atoms with E-state index in [-0.39, 0.29) is 15.8 Å². The van der Waals surface area contributed by atoms with E-state index in [9.17, 15) is 16.8 Å². The van der Waals surface area contributed by atoms with Crippen LogP contribution in [0.2, 0.25) is 0 Å². The van der Waals surface area contributed by atoms with E-state index in [0.29, 0.717) is 19.6 Å². The van der Waals surface area contributed by atoms with E-state index < -0.39 is 20.0 Å². The number of hydrogen-bond donors (Lipinski definition) is 0. The summed E-state index contributed by atoms with van der Waals surface area (Å²) in [4.78, 5) is 4.92. The van der Waals surface area contributed by atoms with Gasteiger partial charge in [0.1, 0.15) is 5.01 Å². The second kappa shape index (κ2) is 7.93. The van der Waals surface area contributed by atoms with E-state index in [2.05, 4.69) is 4.98 Å². The van der Waals surface area contributed by atoms with Crippen LogP contribution >= 0.6 is 11.3 Å². The molecule has 2 aliphatic rings. The number of nitrogens with zero attached hydrogens (tertiary/aromatic N) is 3. The van der Waals surface area contributed by atoms with Gasteiger partial charge < -0.3 is 0 Å². The zero-order valence-electron chi connectivity index (χ0n) is 16.8. The van der Waals surface area contributed by atoms with Crippen molar-refractivity contribution in [3.8, 4) is 0 Å². The molecular formula is C21H23N3O4S3. The van der Waals surface area contributed by atoms with Gasteiger partial charge in [0.25, 0.3) is 0 Å². The van der Waals surface area contributed by atoms with Gasteiger partial charge in [0.15, 0.2) is 0 Å². The lowest BCUT2D eigenvalue weighted by Gasteiger charge is -2.23. The lowest BCUT2D eigenvalue weighted by Crippen LogP contribution is -2.31. The van der Waals surface area contributed by atoms with Gasteiger partial charge in [0.05, 0.1) is 26.0 Å². The lowest BCUT2D eigenvalue weighted by molar-refractivity contribution is 0.396. The molecule has 0 amide bonds. The van der Waals surface area contributed by atoms with Crippen molar-refractivity contribution in [2.75, 3.05) is 19.6 Å². The largest absolute Gasteiger partial charge is 0.243 e. The maximum absolute atomic E-state index is 13.4. The maximum Gasteiger partial charge on any atom is 0.243 e. The van der Waals surface area contributed by atoms with Crippen molar-refractivity contribution in [2.45, 2.75) is 41.5 Å². The SMILES string of the molecule is O=S(=O)(c1ccc(S(=O)(=O)N2CCC[C@@H]2c2nc3ccccc3s2)cc1)N1CCCC1. The quantitative estimate of drug-likeness (QED) is 0.560. The van der Waals surface area contributed by atoms with E-state index in [1.54, 1.807) is 0 Å². The summed E-state index contributed by atoms with van der Waals surface area (Å²) in [6.07, 6.45) is 3.20. The number of rotatable bonds is 5. The van der Waals surface area contributed by atoms with Gasteiger partial charge in [0.2, 0.25) is 20.0 Å². The second-order valence-corrected chi connectivity index (χ2v) is 12.8. The molecule has 5 rings (SSSR count). The van der Waals surface area contributed by atoms with Crippen LogP contribution in [0.5, 0.6) is 0 Å². The molecule has 1 atom stereocenters. The molecule has 0 spiro atoms. The Morgan fingerprint density at radius 3 is 2.13 bits per heavy atom. The fourth-order valence-corrected chi connectivity index (χ4v) is 8.66.